The highest BCUT2D eigenvalue weighted by molar-refractivity contribution is 5.90. The molecule has 0 atom stereocenters. The average Bonchev–Trinajstić information content (AvgIpc) is 2.06. The zero-order chi connectivity index (χ0) is 10.6. The van der Waals surface area contributed by atoms with E-state index in [0.29, 0.717) is 0 Å². The number of alkyl halides is 2. The van der Waals surface area contributed by atoms with Crippen molar-refractivity contribution in [3.05, 3.63) is 24.3 Å². The molecule has 0 radical (unpaired) electrons. The number of anilines is 1. The SMILES string of the molecule is CC(=O)Nc1ccccc1OC(F)F. The van der Waals surface area contributed by atoms with E-state index < -0.39 is 6.61 Å². The number of para-hydroxylation sites is 2. The summed E-state index contributed by atoms with van der Waals surface area (Å²) >= 11 is 0. The first-order valence-corrected chi connectivity index (χ1v) is 3.91. The maximum Gasteiger partial charge on any atom is 0.387 e. The van der Waals surface area contributed by atoms with Crippen LogP contribution in [0.5, 0.6) is 5.75 Å². The van der Waals surface area contributed by atoms with Crippen molar-refractivity contribution in [3.8, 4) is 5.75 Å². The van der Waals surface area contributed by atoms with Crippen LogP contribution < -0.4 is 10.1 Å². The van der Waals surface area contributed by atoms with E-state index >= 15 is 0 Å². The fourth-order valence-corrected chi connectivity index (χ4v) is 0.958. The summed E-state index contributed by atoms with van der Waals surface area (Å²) in [5, 5.41) is 2.38. The fourth-order valence-electron chi connectivity index (χ4n) is 0.958. The van der Waals surface area contributed by atoms with Crippen molar-refractivity contribution in [1.82, 2.24) is 0 Å². The molecule has 0 saturated heterocycles. The van der Waals surface area contributed by atoms with Gasteiger partial charge in [-0.2, -0.15) is 8.78 Å². The summed E-state index contributed by atoms with van der Waals surface area (Å²) in [6.45, 7) is -1.61. The topological polar surface area (TPSA) is 38.3 Å². The molecule has 0 unspecified atom stereocenters. The van der Waals surface area contributed by atoms with E-state index in [1.54, 1.807) is 12.1 Å². The third-order valence-electron chi connectivity index (χ3n) is 1.41. The van der Waals surface area contributed by atoms with Crippen LogP contribution in [-0.4, -0.2) is 12.5 Å². The van der Waals surface area contributed by atoms with Crippen LogP contribution in [-0.2, 0) is 4.79 Å². The third kappa shape index (κ3) is 3.01. The number of nitrogens with one attached hydrogen (secondary N) is 1. The summed E-state index contributed by atoms with van der Waals surface area (Å²) in [6, 6.07) is 6.00. The monoisotopic (exact) mass is 201 g/mol. The van der Waals surface area contributed by atoms with Crippen molar-refractivity contribution in [3.63, 3.8) is 0 Å². The quantitative estimate of drug-likeness (QED) is 0.814. The van der Waals surface area contributed by atoms with E-state index in [0.717, 1.165) is 0 Å². The van der Waals surface area contributed by atoms with Gasteiger partial charge in [0.25, 0.3) is 0 Å². The minimum atomic E-state index is -2.90. The second-order valence-corrected chi connectivity index (χ2v) is 2.56. The molecule has 5 heteroatoms. The Morgan fingerprint density at radius 3 is 2.64 bits per heavy atom. The van der Waals surface area contributed by atoms with Crippen molar-refractivity contribution in [1.29, 1.82) is 0 Å². The van der Waals surface area contributed by atoms with Crippen molar-refractivity contribution < 1.29 is 18.3 Å². The number of hydrogen-bond donors (Lipinski definition) is 1. The second kappa shape index (κ2) is 4.55. The largest absolute Gasteiger partial charge is 0.433 e. The summed E-state index contributed by atoms with van der Waals surface area (Å²) in [5.41, 5.74) is 0.236. The van der Waals surface area contributed by atoms with Crippen LogP contribution in [0.1, 0.15) is 6.92 Å². The molecule has 0 fully saturated rings. The lowest BCUT2D eigenvalue weighted by Gasteiger charge is -2.09. The lowest BCUT2D eigenvalue weighted by atomic mass is 10.3. The molecule has 3 nitrogen and oxygen atoms in total. The number of ether oxygens (including phenoxy) is 1. The van der Waals surface area contributed by atoms with Crippen molar-refractivity contribution in [2.24, 2.45) is 0 Å². The third-order valence-corrected chi connectivity index (χ3v) is 1.41. The Balaban J connectivity index is 2.85. The summed E-state index contributed by atoms with van der Waals surface area (Å²) in [6.07, 6.45) is 0. The highest BCUT2D eigenvalue weighted by atomic mass is 19.3. The van der Waals surface area contributed by atoms with Crippen molar-refractivity contribution in [2.75, 3.05) is 5.32 Å². The zero-order valence-electron chi connectivity index (χ0n) is 7.46. The molecule has 1 N–H and O–H groups in total. The van der Waals surface area contributed by atoms with Gasteiger partial charge in [0.2, 0.25) is 5.91 Å². The Bertz CT molecular complexity index is 328. The standard InChI is InChI=1S/C9H9F2NO2/c1-6(13)12-7-4-2-3-5-8(7)14-9(10)11/h2-5,9H,1H3,(H,12,13). The number of hydrogen-bond acceptors (Lipinski definition) is 2. The van der Waals surface area contributed by atoms with Gasteiger partial charge >= 0.3 is 6.61 Å². The van der Waals surface area contributed by atoms with E-state index in [4.69, 9.17) is 0 Å². The van der Waals surface area contributed by atoms with Crippen molar-refractivity contribution in [2.45, 2.75) is 13.5 Å². The van der Waals surface area contributed by atoms with E-state index in [9.17, 15) is 13.6 Å². The number of carbonyl (C=O) groups is 1. The number of benzene rings is 1. The van der Waals surface area contributed by atoms with Crippen LogP contribution in [0.3, 0.4) is 0 Å². The number of rotatable bonds is 3. The minimum Gasteiger partial charge on any atom is -0.433 e. The van der Waals surface area contributed by atoms with Crippen molar-refractivity contribution >= 4 is 11.6 Å². The molecule has 0 saturated carbocycles. The molecule has 14 heavy (non-hydrogen) atoms. The van der Waals surface area contributed by atoms with Crippen LogP contribution in [0.15, 0.2) is 24.3 Å². The molecular formula is C9H9F2NO2. The number of halogens is 2. The minimum absolute atomic E-state index is 0.0438. The van der Waals surface area contributed by atoms with Crippen LogP contribution in [0.4, 0.5) is 14.5 Å². The molecule has 76 valence electrons. The van der Waals surface area contributed by atoms with Gasteiger partial charge in [-0.25, -0.2) is 0 Å². The van der Waals surface area contributed by atoms with Gasteiger partial charge in [-0.05, 0) is 12.1 Å². The first kappa shape index (κ1) is 10.4. The highest BCUT2D eigenvalue weighted by Crippen LogP contribution is 2.25. The maximum atomic E-state index is 11.9. The molecular weight excluding hydrogens is 192 g/mol. The van der Waals surface area contributed by atoms with Crippen LogP contribution in [0.2, 0.25) is 0 Å². The maximum absolute atomic E-state index is 11.9. The normalized spacial score (nSPS) is 10.0. The molecule has 0 bridgehead atoms. The lowest BCUT2D eigenvalue weighted by molar-refractivity contribution is -0.114. The Hall–Kier alpha value is -1.65. The smallest absolute Gasteiger partial charge is 0.387 e. The molecule has 0 heterocycles. The summed E-state index contributed by atoms with van der Waals surface area (Å²) < 4.78 is 28.0. The number of amides is 1. The van der Waals surface area contributed by atoms with Gasteiger partial charge in [0.15, 0.2) is 0 Å². The Kier molecular flexibility index (Phi) is 3.39. The van der Waals surface area contributed by atoms with Gasteiger partial charge in [0, 0.05) is 6.92 Å². The predicted octanol–water partition coefficient (Wildman–Crippen LogP) is 2.25. The fraction of sp³-hybridized carbons (Fsp3) is 0.222. The molecule has 0 aliphatic carbocycles. The molecule has 1 aromatic rings. The molecule has 1 amide bonds. The van der Waals surface area contributed by atoms with Gasteiger partial charge in [-0.1, -0.05) is 12.1 Å². The van der Waals surface area contributed by atoms with Gasteiger partial charge in [-0.3, -0.25) is 4.79 Å². The molecule has 0 aliphatic rings. The van der Waals surface area contributed by atoms with Gasteiger partial charge in [0.05, 0.1) is 5.69 Å². The first-order valence-electron chi connectivity index (χ1n) is 3.91. The molecule has 1 rings (SSSR count). The van der Waals surface area contributed by atoms with E-state index in [-0.39, 0.29) is 17.3 Å². The summed E-state index contributed by atoms with van der Waals surface area (Å²) in [7, 11) is 0. The molecule has 1 aromatic carbocycles. The highest BCUT2D eigenvalue weighted by Gasteiger charge is 2.09. The Morgan fingerprint density at radius 2 is 2.07 bits per heavy atom. The van der Waals surface area contributed by atoms with E-state index in [1.807, 2.05) is 0 Å². The van der Waals surface area contributed by atoms with Gasteiger partial charge in [-0.15, -0.1) is 0 Å². The van der Waals surface area contributed by atoms with Crippen LogP contribution in [0, 0.1) is 0 Å². The predicted molar refractivity (Wildman–Crippen MR) is 47.4 cm³/mol. The Morgan fingerprint density at radius 1 is 1.43 bits per heavy atom. The molecule has 0 aliphatic heterocycles. The molecule has 0 aromatic heterocycles. The van der Waals surface area contributed by atoms with Crippen LogP contribution >= 0.6 is 0 Å². The lowest BCUT2D eigenvalue weighted by Crippen LogP contribution is -2.09. The molecule has 0 spiro atoms. The number of carbonyl (C=O) groups excluding carboxylic acids is 1. The average molecular weight is 201 g/mol. The van der Waals surface area contributed by atoms with E-state index in [1.165, 1.54) is 19.1 Å². The summed E-state index contributed by atoms with van der Waals surface area (Å²) in [4.78, 5) is 10.7. The first-order chi connectivity index (χ1) is 6.59. The van der Waals surface area contributed by atoms with Crippen LogP contribution in [0.25, 0.3) is 0 Å². The summed E-state index contributed by atoms with van der Waals surface area (Å²) in [5.74, 6) is -0.381. The zero-order valence-corrected chi connectivity index (χ0v) is 7.46. The second-order valence-electron chi connectivity index (χ2n) is 2.56. The van der Waals surface area contributed by atoms with Gasteiger partial charge in [0.1, 0.15) is 5.75 Å². The van der Waals surface area contributed by atoms with Gasteiger partial charge < -0.3 is 10.1 Å². The Labute approximate surface area is 79.7 Å². The van der Waals surface area contributed by atoms with E-state index in [2.05, 4.69) is 10.1 Å².